The number of aromatic amines is 2. The van der Waals surface area contributed by atoms with Crippen LogP contribution < -0.4 is 16.7 Å². The molecule has 3 heterocycles. The smallest absolute Gasteiger partial charge is 0.400 e. The summed E-state index contributed by atoms with van der Waals surface area (Å²) in [7, 11) is 0. The highest BCUT2D eigenvalue weighted by Crippen LogP contribution is 2.13. The van der Waals surface area contributed by atoms with Crippen LogP contribution in [0.25, 0.3) is 11.2 Å². The molecule has 23 heavy (non-hydrogen) atoms. The Morgan fingerprint density at radius 3 is 2.87 bits per heavy atom. The van der Waals surface area contributed by atoms with E-state index in [1.807, 2.05) is 4.98 Å². The molecule has 0 atom stereocenters. The molecular weight excluding hydrogens is 312 g/mol. The number of anilines is 1. The molecule has 0 radical (unpaired) electrons. The lowest BCUT2D eigenvalue weighted by molar-refractivity contribution is -0.402. The third kappa shape index (κ3) is 2.92. The number of nitrogens with one attached hydrogen (secondary N) is 3. The minimum absolute atomic E-state index is 0.0694. The summed E-state index contributed by atoms with van der Waals surface area (Å²) in [4.78, 5) is 40.5. The molecule has 0 saturated carbocycles. The lowest BCUT2D eigenvalue weighted by atomic mass is 10.5. The van der Waals surface area contributed by atoms with E-state index in [1.54, 1.807) is 0 Å². The molecule has 0 aliphatic heterocycles. The van der Waals surface area contributed by atoms with Crippen LogP contribution in [0.4, 0.5) is 11.8 Å². The van der Waals surface area contributed by atoms with Gasteiger partial charge in [0.1, 0.15) is 4.92 Å². The Morgan fingerprint density at radius 2 is 2.13 bits per heavy atom. The van der Waals surface area contributed by atoms with Crippen molar-refractivity contribution in [3.05, 3.63) is 48.8 Å². The first kappa shape index (κ1) is 14.1. The standard InChI is InChI=1S/C10H6N8O5/c19-8-6-7(13-10(20)14-8)12-9(17-15-6)16-11-3-4-1-2-5(23-4)18(21)22/h1-3H,(H3,12,13,14,16,17,19,20)/b11-3-. The lowest BCUT2D eigenvalue weighted by Gasteiger charge is -1.98. The van der Waals surface area contributed by atoms with Crippen molar-refractivity contribution in [3.63, 3.8) is 0 Å². The predicted molar refractivity (Wildman–Crippen MR) is 75.2 cm³/mol. The Balaban J connectivity index is 1.81. The van der Waals surface area contributed by atoms with Crippen LogP contribution in [0.15, 0.2) is 31.2 Å². The molecule has 13 nitrogen and oxygen atoms in total. The molecule has 116 valence electrons. The molecule has 0 unspecified atom stereocenters. The fourth-order valence-electron chi connectivity index (χ4n) is 1.58. The second-order valence-electron chi connectivity index (χ2n) is 4.04. The first-order valence-corrected chi connectivity index (χ1v) is 5.93. The maximum Gasteiger partial charge on any atom is 0.433 e. The van der Waals surface area contributed by atoms with Crippen molar-refractivity contribution in [2.75, 3.05) is 5.43 Å². The predicted octanol–water partition coefficient (Wildman–Crippen LogP) is -0.651. The van der Waals surface area contributed by atoms with Crippen LogP contribution in [0.1, 0.15) is 5.76 Å². The van der Waals surface area contributed by atoms with Crippen molar-refractivity contribution >= 4 is 29.2 Å². The normalized spacial score (nSPS) is 11.1. The highest BCUT2D eigenvalue weighted by Gasteiger charge is 2.10. The molecule has 0 bridgehead atoms. The van der Waals surface area contributed by atoms with Crippen molar-refractivity contribution in [2.24, 2.45) is 5.10 Å². The molecule has 0 amide bonds. The first-order valence-electron chi connectivity index (χ1n) is 5.93. The van der Waals surface area contributed by atoms with Gasteiger partial charge in [-0.15, -0.1) is 10.2 Å². The van der Waals surface area contributed by atoms with Gasteiger partial charge >= 0.3 is 11.6 Å². The Bertz CT molecular complexity index is 1030. The summed E-state index contributed by atoms with van der Waals surface area (Å²) < 4.78 is 4.85. The average molecular weight is 318 g/mol. The van der Waals surface area contributed by atoms with Gasteiger partial charge in [0.2, 0.25) is 0 Å². The monoisotopic (exact) mass is 318 g/mol. The van der Waals surface area contributed by atoms with Crippen molar-refractivity contribution in [3.8, 4) is 0 Å². The Morgan fingerprint density at radius 1 is 1.30 bits per heavy atom. The molecule has 13 heteroatoms. The van der Waals surface area contributed by atoms with Gasteiger partial charge in [-0.25, -0.2) is 10.2 Å². The number of nitrogens with zero attached hydrogens (tertiary/aromatic N) is 5. The van der Waals surface area contributed by atoms with Crippen molar-refractivity contribution in [1.29, 1.82) is 0 Å². The second-order valence-corrected chi connectivity index (χ2v) is 4.04. The first-order chi connectivity index (χ1) is 11.0. The summed E-state index contributed by atoms with van der Waals surface area (Å²) in [5, 5.41) is 21.4. The van der Waals surface area contributed by atoms with E-state index in [-0.39, 0.29) is 22.9 Å². The summed E-state index contributed by atoms with van der Waals surface area (Å²) >= 11 is 0. The van der Waals surface area contributed by atoms with E-state index in [0.717, 1.165) is 6.21 Å². The highest BCUT2D eigenvalue weighted by molar-refractivity contribution is 5.77. The zero-order chi connectivity index (χ0) is 16.4. The third-order valence-electron chi connectivity index (χ3n) is 2.51. The number of fused-ring (bicyclic) bond motifs is 1. The van der Waals surface area contributed by atoms with Crippen molar-refractivity contribution in [2.45, 2.75) is 0 Å². The molecule has 0 aromatic carbocycles. The Kier molecular flexibility index (Phi) is 3.34. The molecule has 0 aliphatic rings. The largest absolute Gasteiger partial charge is 0.433 e. The highest BCUT2D eigenvalue weighted by atomic mass is 16.6. The van der Waals surface area contributed by atoms with E-state index in [2.05, 4.69) is 30.7 Å². The van der Waals surface area contributed by atoms with E-state index in [0.29, 0.717) is 0 Å². The number of nitro groups is 1. The zero-order valence-electron chi connectivity index (χ0n) is 11.0. The quantitative estimate of drug-likeness (QED) is 0.319. The number of furan rings is 1. The molecule has 3 aromatic rings. The van der Waals surface area contributed by atoms with Gasteiger partial charge in [0.25, 0.3) is 11.5 Å². The van der Waals surface area contributed by atoms with Gasteiger partial charge in [0.15, 0.2) is 16.9 Å². The molecular formula is C10H6N8O5. The van der Waals surface area contributed by atoms with Gasteiger partial charge in [-0.3, -0.25) is 24.9 Å². The summed E-state index contributed by atoms with van der Waals surface area (Å²) in [5.41, 5.74) is 0.719. The molecule has 3 rings (SSSR count). The zero-order valence-corrected chi connectivity index (χ0v) is 11.0. The van der Waals surface area contributed by atoms with Crippen molar-refractivity contribution in [1.82, 2.24) is 25.1 Å². The minimum Gasteiger partial charge on any atom is -0.400 e. The van der Waals surface area contributed by atoms with Gasteiger partial charge in [0.05, 0.1) is 12.3 Å². The summed E-state index contributed by atoms with van der Waals surface area (Å²) in [6.07, 6.45) is 1.15. The number of aromatic nitrogens is 5. The second kappa shape index (κ2) is 5.47. The third-order valence-corrected chi connectivity index (χ3v) is 2.51. The Labute approximate surface area is 124 Å². The fraction of sp³-hybridized carbons (Fsp3) is 0. The average Bonchev–Trinajstić information content (AvgIpc) is 2.96. The van der Waals surface area contributed by atoms with Crippen LogP contribution in [0.3, 0.4) is 0 Å². The van der Waals surface area contributed by atoms with E-state index in [4.69, 9.17) is 4.42 Å². The van der Waals surface area contributed by atoms with Crippen LogP contribution in [-0.2, 0) is 0 Å². The topological polar surface area (TPSA) is 185 Å². The van der Waals surface area contributed by atoms with Gasteiger partial charge in [-0.2, -0.15) is 10.1 Å². The van der Waals surface area contributed by atoms with Crippen LogP contribution in [-0.4, -0.2) is 36.3 Å². The van der Waals surface area contributed by atoms with Gasteiger partial charge in [0, 0.05) is 0 Å². The van der Waals surface area contributed by atoms with Crippen molar-refractivity contribution < 1.29 is 9.34 Å². The number of H-pyrrole nitrogens is 2. The SMILES string of the molecule is O=c1[nH]c(=O)c2nnc(N/N=C\c3ccc([N+](=O)[O-])o3)nc2[nH]1. The molecule has 0 spiro atoms. The summed E-state index contributed by atoms with van der Waals surface area (Å²) in [5.74, 6) is -0.397. The minimum atomic E-state index is -0.736. The number of hydrogen-bond acceptors (Lipinski definition) is 10. The summed E-state index contributed by atoms with van der Waals surface area (Å²) in [6, 6.07) is 2.52. The van der Waals surface area contributed by atoms with Gasteiger partial charge in [-0.1, -0.05) is 0 Å². The molecule has 0 aliphatic carbocycles. The van der Waals surface area contributed by atoms with Gasteiger partial charge < -0.3 is 4.42 Å². The van der Waals surface area contributed by atoms with E-state index >= 15 is 0 Å². The van der Waals surface area contributed by atoms with E-state index < -0.39 is 22.1 Å². The van der Waals surface area contributed by atoms with Crippen LogP contribution >= 0.6 is 0 Å². The molecule has 3 aromatic heterocycles. The van der Waals surface area contributed by atoms with E-state index in [1.165, 1.54) is 12.1 Å². The maximum absolute atomic E-state index is 11.4. The van der Waals surface area contributed by atoms with E-state index in [9.17, 15) is 19.7 Å². The van der Waals surface area contributed by atoms with Crippen LogP contribution in [0.2, 0.25) is 0 Å². The number of hydrogen-bond donors (Lipinski definition) is 3. The number of rotatable bonds is 4. The summed E-state index contributed by atoms with van der Waals surface area (Å²) in [6.45, 7) is 0. The molecule has 0 fully saturated rings. The number of hydrazone groups is 1. The van der Waals surface area contributed by atoms with Gasteiger partial charge in [-0.05, 0) is 6.07 Å². The molecule has 0 saturated heterocycles. The Hall–Kier alpha value is -3.90. The maximum atomic E-state index is 11.4. The lowest BCUT2D eigenvalue weighted by Crippen LogP contribution is -2.23. The van der Waals surface area contributed by atoms with Crippen LogP contribution in [0.5, 0.6) is 0 Å². The molecule has 3 N–H and O–H groups in total. The van der Waals surface area contributed by atoms with Crippen LogP contribution in [0, 0.1) is 10.1 Å². The fourth-order valence-corrected chi connectivity index (χ4v) is 1.58.